The van der Waals surface area contributed by atoms with Crippen LogP contribution in [0.2, 0.25) is 0 Å². The van der Waals surface area contributed by atoms with Gasteiger partial charge in [-0.1, -0.05) is 19.3 Å². The number of hydrogen-bond donors (Lipinski definition) is 2. The molecule has 1 aliphatic carbocycles. The van der Waals surface area contributed by atoms with Crippen molar-refractivity contribution in [3.05, 3.63) is 0 Å². The van der Waals surface area contributed by atoms with Gasteiger partial charge in [0.05, 0.1) is 6.61 Å². The standard InChI is InChI=1S/C9H17NO.2ClH.H3N/c10-9-6-11-5-4-8(9)7-2-1-3-7;;;/h7-9H,1-6,10H2;2*1H;1H3. The third kappa shape index (κ3) is 3.55. The van der Waals surface area contributed by atoms with Gasteiger partial charge in [-0.3, -0.25) is 0 Å². The van der Waals surface area contributed by atoms with Gasteiger partial charge in [-0.15, -0.1) is 24.8 Å². The van der Waals surface area contributed by atoms with Gasteiger partial charge in [-0.05, 0) is 18.3 Å². The first kappa shape index (κ1) is 16.9. The van der Waals surface area contributed by atoms with Crippen LogP contribution in [0.15, 0.2) is 0 Å². The van der Waals surface area contributed by atoms with E-state index in [-0.39, 0.29) is 31.0 Å². The van der Waals surface area contributed by atoms with Gasteiger partial charge in [0, 0.05) is 12.6 Å². The molecule has 3 nitrogen and oxygen atoms in total. The van der Waals surface area contributed by atoms with Crippen molar-refractivity contribution in [2.24, 2.45) is 17.6 Å². The molecule has 88 valence electrons. The molecule has 2 unspecified atom stereocenters. The van der Waals surface area contributed by atoms with Gasteiger partial charge in [-0.25, -0.2) is 0 Å². The molecule has 0 aromatic carbocycles. The van der Waals surface area contributed by atoms with E-state index in [1.807, 2.05) is 0 Å². The Labute approximate surface area is 98.5 Å². The first-order chi connectivity index (χ1) is 5.38. The minimum absolute atomic E-state index is 0. The van der Waals surface area contributed by atoms with Crippen LogP contribution in [0.25, 0.3) is 0 Å². The number of ether oxygens (including phenoxy) is 1. The number of rotatable bonds is 1. The fourth-order valence-electron chi connectivity index (χ4n) is 2.23. The summed E-state index contributed by atoms with van der Waals surface area (Å²) in [7, 11) is 0. The lowest BCUT2D eigenvalue weighted by Crippen LogP contribution is -2.44. The first-order valence-corrected chi connectivity index (χ1v) is 4.71. The highest BCUT2D eigenvalue weighted by atomic mass is 35.5. The van der Waals surface area contributed by atoms with Crippen LogP contribution in [0.3, 0.4) is 0 Å². The van der Waals surface area contributed by atoms with Crippen LogP contribution in [-0.4, -0.2) is 19.3 Å². The molecule has 5 heteroatoms. The Morgan fingerprint density at radius 2 is 1.71 bits per heavy atom. The SMILES string of the molecule is Cl.Cl.N.NC1COCCC1C1CCC1. The second-order valence-corrected chi connectivity index (χ2v) is 3.88. The molecule has 14 heavy (non-hydrogen) atoms. The summed E-state index contributed by atoms with van der Waals surface area (Å²) in [6, 6.07) is 0.328. The molecular weight excluding hydrogens is 223 g/mol. The second kappa shape index (κ2) is 7.71. The smallest absolute Gasteiger partial charge is 0.0620 e. The molecule has 0 bridgehead atoms. The summed E-state index contributed by atoms with van der Waals surface area (Å²) in [5.41, 5.74) is 5.96. The molecule has 1 saturated heterocycles. The first-order valence-electron chi connectivity index (χ1n) is 4.71. The van der Waals surface area contributed by atoms with Crippen LogP contribution in [0.4, 0.5) is 0 Å². The number of halogens is 2. The van der Waals surface area contributed by atoms with Crippen LogP contribution < -0.4 is 11.9 Å². The normalized spacial score (nSPS) is 31.5. The summed E-state index contributed by atoms with van der Waals surface area (Å²) >= 11 is 0. The summed E-state index contributed by atoms with van der Waals surface area (Å²) < 4.78 is 5.31. The molecule has 0 amide bonds. The topological polar surface area (TPSA) is 70.2 Å². The molecule has 2 atom stereocenters. The minimum Gasteiger partial charge on any atom is -0.380 e. The van der Waals surface area contributed by atoms with Crippen molar-refractivity contribution in [3.63, 3.8) is 0 Å². The number of nitrogens with two attached hydrogens (primary N) is 1. The van der Waals surface area contributed by atoms with Gasteiger partial charge in [0.15, 0.2) is 0 Å². The zero-order valence-electron chi connectivity index (χ0n) is 8.48. The predicted octanol–water partition coefficient (Wildman–Crippen LogP) is 2.16. The fraction of sp³-hybridized carbons (Fsp3) is 1.00. The highest BCUT2D eigenvalue weighted by Gasteiger charge is 2.33. The average Bonchev–Trinajstić information content (AvgIpc) is 1.90. The van der Waals surface area contributed by atoms with E-state index < -0.39 is 0 Å². The summed E-state index contributed by atoms with van der Waals surface area (Å²) in [5, 5.41) is 0. The van der Waals surface area contributed by atoms with E-state index in [0.717, 1.165) is 25.0 Å². The summed E-state index contributed by atoms with van der Waals surface area (Å²) in [6.07, 6.45) is 5.46. The van der Waals surface area contributed by atoms with E-state index in [9.17, 15) is 0 Å². The molecule has 5 N–H and O–H groups in total. The molecule has 0 aromatic heterocycles. The van der Waals surface area contributed by atoms with Gasteiger partial charge in [0.2, 0.25) is 0 Å². The molecule has 0 aromatic rings. The minimum atomic E-state index is 0. The lowest BCUT2D eigenvalue weighted by molar-refractivity contribution is 0.0125. The van der Waals surface area contributed by atoms with E-state index in [1.165, 1.54) is 25.7 Å². The van der Waals surface area contributed by atoms with Crippen LogP contribution in [0.5, 0.6) is 0 Å². The third-order valence-electron chi connectivity index (χ3n) is 3.21. The highest BCUT2D eigenvalue weighted by Crippen LogP contribution is 2.37. The molecule has 2 fully saturated rings. The van der Waals surface area contributed by atoms with Crippen LogP contribution in [0.1, 0.15) is 25.7 Å². The Balaban J connectivity index is 0. The van der Waals surface area contributed by atoms with E-state index in [0.29, 0.717) is 6.04 Å². The summed E-state index contributed by atoms with van der Waals surface area (Å²) in [5.74, 6) is 1.71. The lowest BCUT2D eigenvalue weighted by atomic mass is 9.71. The molecular formula is C9H22Cl2N2O. The lowest BCUT2D eigenvalue weighted by Gasteiger charge is -2.39. The molecule has 1 saturated carbocycles. The van der Waals surface area contributed by atoms with Crippen molar-refractivity contribution >= 4 is 24.8 Å². The third-order valence-corrected chi connectivity index (χ3v) is 3.21. The average molecular weight is 245 g/mol. The van der Waals surface area contributed by atoms with Gasteiger partial charge in [-0.2, -0.15) is 0 Å². The van der Waals surface area contributed by atoms with E-state index in [4.69, 9.17) is 10.5 Å². The van der Waals surface area contributed by atoms with Crippen LogP contribution in [-0.2, 0) is 4.74 Å². The Bertz CT molecular complexity index is 143. The van der Waals surface area contributed by atoms with E-state index in [1.54, 1.807) is 0 Å². The molecule has 2 rings (SSSR count). The maximum atomic E-state index is 5.96. The quantitative estimate of drug-likeness (QED) is 0.743. The molecule has 0 spiro atoms. The monoisotopic (exact) mass is 244 g/mol. The Morgan fingerprint density at radius 1 is 1.07 bits per heavy atom. The van der Waals surface area contributed by atoms with Crippen molar-refractivity contribution in [3.8, 4) is 0 Å². The van der Waals surface area contributed by atoms with E-state index >= 15 is 0 Å². The van der Waals surface area contributed by atoms with Crippen molar-refractivity contribution in [1.82, 2.24) is 6.15 Å². The summed E-state index contributed by atoms with van der Waals surface area (Å²) in [6.45, 7) is 1.73. The van der Waals surface area contributed by atoms with Gasteiger partial charge >= 0.3 is 0 Å². The van der Waals surface area contributed by atoms with Crippen LogP contribution >= 0.6 is 24.8 Å². The second-order valence-electron chi connectivity index (χ2n) is 3.88. The molecule has 2 aliphatic rings. The predicted molar refractivity (Wildman–Crippen MR) is 63.8 cm³/mol. The molecule has 1 heterocycles. The van der Waals surface area contributed by atoms with Gasteiger partial charge in [0.25, 0.3) is 0 Å². The highest BCUT2D eigenvalue weighted by molar-refractivity contribution is 5.85. The van der Waals surface area contributed by atoms with Crippen molar-refractivity contribution in [1.29, 1.82) is 0 Å². The fourth-order valence-corrected chi connectivity index (χ4v) is 2.23. The van der Waals surface area contributed by atoms with Crippen LogP contribution in [0, 0.1) is 11.8 Å². The zero-order chi connectivity index (χ0) is 7.68. The van der Waals surface area contributed by atoms with Crippen molar-refractivity contribution in [2.75, 3.05) is 13.2 Å². The molecule has 1 aliphatic heterocycles. The maximum Gasteiger partial charge on any atom is 0.0620 e. The Hall–Kier alpha value is 0.460. The van der Waals surface area contributed by atoms with E-state index in [2.05, 4.69) is 0 Å². The zero-order valence-corrected chi connectivity index (χ0v) is 10.1. The van der Waals surface area contributed by atoms with Gasteiger partial charge in [0.1, 0.15) is 0 Å². The largest absolute Gasteiger partial charge is 0.380 e. The Morgan fingerprint density at radius 3 is 2.14 bits per heavy atom. The molecule has 0 radical (unpaired) electrons. The number of hydrogen-bond acceptors (Lipinski definition) is 3. The van der Waals surface area contributed by atoms with Gasteiger partial charge < -0.3 is 16.6 Å². The van der Waals surface area contributed by atoms with Crippen molar-refractivity contribution in [2.45, 2.75) is 31.7 Å². The summed E-state index contributed by atoms with van der Waals surface area (Å²) in [4.78, 5) is 0. The maximum absolute atomic E-state index is 5.96. The van der Waals surface area contributed by atoms with Crippen molar-refractivity contribution < 1.29 is 4.74 Å². The Kier molecular flexibility index (Phi) is 9.30.